The summed E-state index contributed by atoms with van der Waals surface area (Å²) in [5.41, 5.74) is 7.85. The van der Waals surface area contributed by atoms with Gasteiger partial charge in [-0.3, -0.25) is 9.59 Å². The SMILES string of the molecule is O=C(O)N[C@@H](C(=O)N1CCC[C@H]1c1ncc(-c2ccc(-c3ccc(-c4cnc([C@@H]5CCCN5C(=O)c5snnc5-c5ccccc5)[nH]4)cc3)cc2)[nH]1)c1ccccc1. The third kappa shape index (κ3) is 7.25. The van der Waals surface area contributed by atoms with Crippen molar-refractivity contribution in [1.82, 2.24) is 44.6 Å². The van der Waals surface area contributed by atoms with E-state index < -0.39 is 12.1 Å². The van der Waals surface area contributed by atoms with Gasteiger partial charge >= 0.3 is 6.09 Å². The number of rotatable bonds is 10. The van der Waals surface area contributed by atoms with Crippen LogP contribution in [0.4, 0.5) is 4.79 Å². The Bertz CT molecular complexity index is 2550. The number of carbonyl (C=O) groups is 3. The molecule has 2 fully saturated rings. The number of carboxylic acid groups (broad SMARTS) is 1. The number of hydrogen-bond acceptors (Lipinski definition) is 8. The fourth-order valence-electron chi connectivity index (χ4n) is 8.07. The number of nitrogens with one attached hydrogen (secondary N) is 3. The molecule has 0 saturated carbocycles. The van der Waals surface area contributed by atoms with Crippen molar-refractivity contribution in [2.45, 2.75) is 43.8 Å². The number of benzene rings is 4. The molecule has 3 aromatic heterocycles. The molecule has 7 aromatic rings. The van der Waals surface area contributed by atoms with Crippen LogP contribution in [0.5, 0.6) is 0 Å². The molecular weight excluding hydrogens is 751 g/mol. The maximum Gasteiger partial charge on any atom is 0.405 e. The number of aromatic nitrogens is 6. The first-order valence-corrected chi connectivity index (χ1v) is 20.0. The minimum atomic E-state index is -1.25. The van der Waals surface area contributed by atoms with E-state index in [9.17, 15) is 19.5 Å². The molecule has 0 spiro atoms. The fraction of sp³-hybridized carbons (Fsp3) is 0.205. The van der Waals surface area contributed by atoms with Gasteiger partial charge in [0.2, 0.25) is 0 Å². The van der Waals surface area contributed by atoms with Crippen LogP contribution in [0.15, 0.2) is 122 Å². The topological polar surface area (TPSA) is 173 Å². The van der Waals surface area contributed by atoms with E-state index in [4.69, 9.17) is 4.98 Å². The third-order valence-electron chi connectivity index (χ3n) is 11.0. The Kier molecular flexibility index (Phi) is 10.1. The molecule has 2 saturated heterocycles. The van der Waals surface area contributed by atoms with Gasteiger partial charge in [-0.2, -0.15) is 0 Å². The first kappa shape index (κ1) is 36.7. The molecule has 2 aliphatic heterocycles. The molecule has 4 N–H and O–H groups in total. The summed E-state index contributed by atoms with van der Waals surface area (Å²) in [6.07, 6.45) is 5.58. The maximum absolute atomic E-state index is 13.8. The van der Waals surface area contributed by atoms with E-state index in [0.717, 1.165) is 82.2 Å². The second kappa shape index (κ2) is 15.9. The Hall–Kier alpha value is -6.93. The van der Waals surface area contributed by atoms with Crippen LogP contribution in [0.25, 0.3) is 44.9 Å². The van der Waals surface area contributed by atoms with Gasteiger partial charge in [0.15, 0.2) is 0 Å². The monoisotopic (exact) mass is 789 g/mol. The van der Waals surface area contributed by atoms with Gasteiger partial charge in [0.25, 0.3) is 11.8 Å². The Morgan fingerprint density at radius 2 is 1.19 bits per heavy atom. The average molecular weight is 790 g/mol. The Morgan fingerprint density at radius 3 is 1.76 bits per heavy atom. The van der Waals surface area contributed by atoms with Crippen LogP contribution in [-0.4, -0.2) is 75.4 Å². The van der Waals surface area contributed by atoms with E-state index in [0.29, 0.717) is 35.0 Å². The number of nitrogens with zero attached hydrogens (tertiary/aromatic N) is 6. The van der Waals surface area contributed by atoms with Gasteiger partial charge in [-0.25, -0.2) is 14.8 Å². The predicted octanol–water partition coefficient (Wildman–Crippen LogP) is 8.30. The second-order valence-electron chi connectivity index (χ2n) is 14.5. The first-order valence-electron chi connectivity index (χ1n) is 19.3. The second-order valence-corrected chi connectivity index (χ2v) is 15.2. The lowest BCUT2D eigenvalue weighted by Crippen LogP contribution is -2.42. The van der Waals surface area contributed by atoms with Crippen molar-refractivity contribution < 1.29 is 19.5 Å². The van der Waals surface area contributed by atoms with Gasteiger partial charge in [-0.15, -0.1) is 5.10 Å². The molecule has 2 aliphatic rings. The highest BCUT2D eigenvalue weighted by atomic mass is 32.1. The van der Waals surface area contributed by atoms with Gasteiger partial charge in [0.1, 0.15) is 28.3 Å². The zero-order valence-corrected chi connectivity index (χ0v) is 32.1. The largest absolute Gasteiger partial charge is 0.465 e. The van der Waals surface area contributed by atoms with Crippen molar-refractivity contribution in [3.8, 4) is 44.9 Å². The highest BCUT2D eigenvalue weighted by molar-refractivity contribution is 7.08. The van der Waals surface area contributed by atoms with Gasteiger partial charge in [0, 0.05) is 18.7 Å². The van der Waals surface area contributed by atoms with Crippen molar-refractivity contribution in [2.24, 2.45) is 0 Å². The van der Waals surface area contributed by atoms with Crippen molar-refractivity contribution in [2.75, 3.05) is 13.1 Å². The van der Waals surface area contributed by atoms with Crippen LogP contribution in [0, 0.1) is 0 Å². The summed E-state index contributed by atoms with van der Waals surface area (Å²) < 4.78 is 4.11. The number of carbonyl (C=O) groups excluding carboxylic acids is 2. The van der Waals surface area contributed by atoms with Crippen molar-refractivity contribution in [1.29, 1.82) is 0 Å². The third-order valence-corrected chi connectivity index (χ3v) is 11.7. The zero-order chi connectivity index (χ0) is 39.6. The van der Waals surface area contributed by atoms with Gasteiger partial charge in [-0.1, -0.05) is 114 Å². The number of likely N-dealkylation sites (tertiary alicyclic amines) is 2. The lowest BCUT2D eigenvalue weighted by molar-refractivity contribution is -0.134. The molecule has 3 amide bonds. The van der Waals surface area contributed by atoms with E-state index in [1.54, 1.807) is 35.4 Å². The minimum Gasteiger partial charge on any atom is -0.465 e. The van der Waals surface area contributed by atoms with Crippen LogP contribution in [0.1, 0.15) is 70.7 Å². The molecule has 0 bridgehead atoms. The number of amides is 3. The van der Waals surface area contributed by atoms with Crippen LogP contribution in [0.2, 0.25) is 0 Å². The van der Waals surface area contributed by atoms with Gasteiger partial charge in [0.05, 0.1) is 35.9 Å². The van der Waals surface area contributed by atoms with Gasteiger partial charge < -0.3 is 30.2 Å². The summed E-state index contributed by atoms with van der Waals surface area (Å²) in [4.78, 5) is 59.6. The smallest absolute Gasteiger partial charge is 0.405 e. The lowest BCUT2D eigenvalue weighted by Gasteiger charge is -2.28. The lowest BCUT2D eigenvalue weighted by atomic mass is 10.0. The molecule has 13 nitrogen and oxygen atoms in total. The van der Waals surface area contributed by atoms with Gasteiger partial charge in [-0.05, 0) is 65.0 Å². The van der Waals surface area contributed by atoms with Crippen LogP contribution >= 0.6 is 11.5 Å². The predicted molar refractivity (Wildman–Crippen MR) is 219 cm³/mol. The molecule has 9 rings (SSSR count). The minimum absolute atomic E-state index is 0.0745. The Labute approximate surface area is 338 Å². The average Bonchev–Trinajstić information content (AvgIpc) is 4.12. The summed E-state index contributed by atoms with van der Waals surface area (Å²) in [5.74, 6) is 1.06. The standard InChI is InChI=1S/C44H39N9O4S/c54-42(38(49-44(56)57)32-11-5-2-6-12-32)52-23-7-13-35(52)40-45-25-33(47-40)29-19-15-27(16-20-29)28-17-21-30(22-18-28)34-26-46-41(48-34)36-14-8-24-53(36)43(55)39-37(50-51-58-39)31-9-3-1-4-10-31/h1-6,9-12,15-22,25-26,35-36,38,49H,7-8,13-14,23-24H2,(H,45,47)(H,46,48)(H,56,57)/t35-,36-,38+/m0/s1. The molecule has 5 heterocycles. The Balaban J connectivity index is 0.861. The van der Waals surface area contributed by atoms with E-state index >= 15 is 0 Å². The molecule has 0 unspecified atom stereocenters. The van der Waals surface area contributed by atoms with Crippen molar-refractivity contribution >= 4 is 29.4 Å². The molecule has 58 heavy (non-hydrogen) atoms. The number of aromatic amines is 2. The van der Waals surface area contributed by atoms with E-state index in [1.165, 1.54) is 0 Å². The summed E-state index contributed by atoms with van der Waals surface area (Å²) >= 11 is 1.13. The number of H-pyrrole nitrogens is 2. The molecule has 0 aliphatic carbocycles. The van der Waals surface area contributed by atoms with E-state index in [1.807, 2.05) is 59.6 Å². The molecule has 0 radical (unpaired) electrons. The first-order chi connectivity index (χ1) is 28.4. The molecule has 3 atom stereocenters. The molecule has 14 heteroatoms. The summed E-state index contributed by atoms with van der Waals surface area (Å²) in [6, 6.07) is 33.7. The highest BCUT2D eigenvalue weighted by Gasteiger charge is 2.37. The highest BCUT2D eigenvalue weighted by Crippen LogP contribution is 2.37. The summed E-state index contributed by atoms with van der Waals surface area (Å²) in [7, 11) is 0. The van der Waals surface area contributed by atoms with E-state index in [-0.39, 0.29) is 23.9 Å². The fourth-order valence-corrected chi connectivity index (χ4v) is 8.71. The normalized spacial score (nSPS) is 17.0. The zero-order valence-electron chi connectivity index (χ0n) is 31.3. The molecule has 290 valence electrons. The summed E-state index contributed by atoms with van der Waals surface area (Å²) in [6.45, 7) is 1.16. The maximum atomic E-state index is 13.8. The van der Waals surface area contributed by atoms with Crippen LogP contribution < -0.4 is 5.32 Å². The molecular formula is C44H39N9O4S. The summed E-state index contributed by atoms with van der Waals surface area (Å²) in [5, 5.41) is 16.2. The van der Waals surface area contributed by atoms with Crippen LogP contribution in [0.3, 0.4) is 0 Å². The quantitative estimate of drug-likeness (QED) is 0.107. The van der Waals surface area contributed by atoms with E-state index in [2.05, 4.69) is 66.3 Å². The van der Waals surface area contributed by atoms with Crippen molar-refractivity contribution in [3.05, 3.63) is 144 Å². The Morgan fingerprint density at radius 1 is 0.672 bits per heavy atom. The van der Waals surface area contributed by atoms with Crippen LogP contribution in [-0.2, 0) is 4.79 Å². The van der Waals surface area contributed by atoms with Crippen molar-refractivity contribution in [3.63, 3.8) is 0 Å². The molecule has 4 aromatic carbocycles. The number of imidazole rings is 2. The number of hydrogen-bond donors (Lipinski definition) is 4.